The topological polar surface area (TPSA) is 52.6 Å². The molecule has 1 rings (SSSR count). The molecule has 0 atom stereocenters. The summed E-state index contributed by atoms with van der Waals surface area (Å²) in [5.74, 6) is -0.116. The molecule has 4 nitrogen and oxygen atoms in total. The van der Waals surface area contributed by atoms with Crippen LogP contribution in [0.2, 0.25) is 0 Å². The molecule has 1 heterocycles. The lowest BCUT2D eigenvalue weighted by atomic mass is 10.1. The van der Waals surface area contributed by atoms with E-state index >= 15 is 0 Å². The highest BCUT2D eigenvalue weighted by molar-refractivity contribution is 5.69. The maximum absolute atomic E-state index is 11.8. The fourth-order valence-corrected chi connectivity index (χ4v) is 3.89. The van der Waals surface area contributed by atoms with Gasteiger partial charge in [-0.3, -0.25) is 9.59 Å². The average Bonchev–Trinajstić information content (AvgIpc) is 2.78. The van der Waals surface area contributed by atoms with Crippen molar-refractivity contribution in [1.82, 2.24) is 0 Å². The van der Waals surface area contributed by atoms with E-state index in [9.17, 15) is 9.59 Å². The molecule has 184 valence electrons. The number of carbonyl (C=O) groups excluding carboxylic acids is 2. The van der Waals surface area contributed by atoms with E-state index in [0.29, 0.717) is 26.1 Å². The maximum atomic E-state index is 11.8. The summed E-state index contributed by atoms with van der Waals surface area (Å²) in [7, 11) is 0. The Bertz CT molecular complexity index is 464. The van der Waals surface area contributed by atoms with Crippen LogP contribution in [-0.2, 0) is 19.1 Å². The summed E-state index contributed by atoms with van der Waals surface area (Å²) in [5.41, 5.74) is 0. The van der Waals surface area contributed by atoms with Crippen LogP contribution in [0.15, 0.2) is 24.3 Å². The zero-order valence-corrected chi connectivity index (χ0v) is 20.5. The van der Waals surface area contributed by atoms with E-state index in [1.54, 1.807) is 0 Å². The van der Waals surface area contributed by atoms with E-state index in [-0.39, 0.29) is 11.9 Å². The summed E-state index contributed by atoms with van der Waals surface area (Å²) in [4.78, 5) is 23.5. The summed E-state index contributed by atoms with van der Waals surface area (Å²) >= 11 is 0. The Hall–Kier alpha value is -1.58. The zero-order valence-electron chi connectivity index (χ0n) is 20.5. The highest BCUT2D eigenvalue weighted by atomic mass is 16.5. The van der Waals surface area contributed by atoms with Gasteiger partial charge in [-0.05, 0) is 51.4 Å². The minimum absolute atomic E-state index is 0.0582. The summed E-state index contributed by atoms with van der Waals surface area (Å²) in [6.45, 7) is 1.14. The molecule has 1 aliphatic heterocycles. The number of carbonyl (C=O) groups is 2. The first-order chi connectivity index (χ1) is 15.8. The highest BCUT2D eigenvalue weighted by Gasteiger charge is 2.02. The number of esters is 2. The van der Waals surface area contributed by atoms with Crippen LogP contribution in [0.5, 0.6) is 0 Å². The molecule has 0 spiro atoms. The molecule has 0 bridgehead atoms. The summed E-state index contributed by atoms with van der Waals surface area (Å²) < 4.78 is 10.7. The quantitative estimate of drug-likeness (QED) is 0.278. The molecule has 0 aromatic carbocycles. The predicted molar refractivity (Wildman–Crippen MR) is 133 cm³/mol. The summed E-state index contributed by atoms with van der Waals surface area (Å²) in [5, 5.41) is 0. The van der Waals surface area contributed by atoms with E-state index in [1.165, 1.54) is 64.2 Å². The Morgan fingerprint density at radius 2 is 0.719 bits per heavy atom. The molecule has 4 heteroatoms. The van der Waals surface area contributed by atoms with Crippen molar-refractivity contribution in [3.05, 3.63) is 24.3 Å². The van der Waals surface area contributed by atoms with Gasteiger partial charge in [-0.15, -0.1) is 0 Å². The first-order valence-electron chi connectivity index (χ1n) is 13.4. The fraction of sp³-hybridized carbons (Fsp3) is 0.786. The van der Waals surface area contributed by atoms with Crippen molar-refractivity contribution in [2.45, 2.75) is 128 Å². The van der Waals surface area contributed by atoms with Crippen LogP contribution in [0.4, 0.5) is 0 Å². The highest BCUT2D eigenvalue weighted by Crippen LogP contribution is 2.11. The van der Waals surface area contributed by atoms with Crippen LogP contribution < -0.4 is 0 Å². The first kappa shape index (κ1) is 28.5. The minimum Gasteiger partial charge on any atom is -0.466 e. The van der Waals surface area contributed by atoms with Gasteiger partial charge in [-0.1, -0.05) is 88.5 Å². The van der Waals surface area contributed by atoms with Gasteiger partial charge in [0, 0.05) is 12.8 Å². The van der Waals surface area contributed by atoms with Crippen molar-refractivity contribution >= 4 is 11.9 Å². The monoisotopic (exact) mass is 448 g/mol. The SMILES string of the molecule is O=C1CC/C=C\CCCCCCCCCOC(=O)CC/C=C\CCCCCCCCCO1. The Labute approximate surface area is 197 Å². The van der Waals surface area contributed by atoms with E-state index in [4.69, 9.17) is 9.47 Å². The van der Waals surface area contributed by atoms with Crippen LogP contribution >= 0.6 is 0 Å². The third kappa shape index (κ3) is 20.3. The number of hydrogen-bond acceptors (Lipinski definition) is 4. The fourth-order valence-electron chi connectivity index (χ4n) is 3.89. The number of rotatable bonds is 0. The molecule has 0 amide bonds. The molecular formula is C28H48O4. The average molecular weight is 449 g/mol. The van der Waals surface area contributed by atoms with Crippen molar-refractivity contribution in [3.8, 4) is 0 Å². The second-order valence-electron chi connectivity index (χ2n) is 8.99. The molecule has 1 aliphatic rings. The lowest BCUT2D eigenvalue weighted by molar-refractivity contribution is -0.144. The van der Waals surface area contributed by atoms with Crippen LogP contribution in [0.1, 0.15) is 128 Å². The molecule has 0 N–H and O–H groups in total. The molecular weight excluding hydrogens is 400 g/mol. The van der Waals surface area contributed by atoms with Crippen molar-refractivity contribution in [2.24, 2.45) is 0 Å². The smallest absolute Gasteiger partial charge is 0.306 e. The van der Waals surface area contributed by atoms with Gasteiger partial charge in [-0.25, -0.2) is 0 Å². The predicted octanol–water partition coefficient (Wildman–Crippen LogP) is 8.00. The summed E-state index contributed by atoms with van der Waals surface area (Å²) in [6, 6.07) is 0. The first-order valence-corrected chi connectivity index (χ1v) is 13.4. The van der Waals surface area contributed by atoms with Crippen molar-refractivity contribution < 1.29 is 19.1 Å². The Kier molecular flexibility index (Phi) is 20.1. The zero-order chi connectivity index (χ0) is 23.0. The van der Waals surface area contributed by atoms with Crippen molar-refractivity contribution in [1.29, 1.82) is 0 Å². The standard InChI is InChI=1S/C28H48O4/c29-27-23-19-15-11-7-3-1-5-9-13-17-21-25-31-28(30)24-20-16-12-8-4-2-6-10-14-18-22-26-32-27/h11-12,15-16H,1-10,13-14,17-26H2/b15-11-,16-12-. The Balaban J connectivity index is 2.19. The molecule has 0 fully saturated rings. The molecule has 0 saturated carbocycles. The van der Waals surface area contributed by atoms with Crippen molar-refractivity contribution in [2.75, 3.05) is 13.2 Å². The maximum Gasteiger partial charge on any atom is 0.306 e. The van der Waals surface area contributed by atoms with E-state index in [0.717, 1.165) is 51.4 Å². The van der Waals surface area contributed by atoms with E-state index < -0.39 is 0 Å². The number of ether oxygens (including phenoxy) is 2. The lowest BCUT2D eigenvalue weighted by Gasteiger charge is -2.05. The summed E-state index contributed by atoms with van der Waals surface area (Å²) in [6.07, 6.45) is 30.1. The Morgan fingerprint density at radius 1 is 0.406 bits per heavy atom. The van der Waals surface area contributed by atoms with E-state index in [2.05, 4.69) is 24.3 Å². The number of cyclic esters (lactones) is 2. The van der Waals surface area contributed by atoms with Gasteiger partial charge >= 0.3 is 11.9 Å². The lowest BCUT2D eigenvalue weighted by Crippen LogP contribution is -2.05. The molecule has 32 heavy (non-hydrogen) atoms. The third-order valence-corrected chi connectivity index (χ3v) is 5.92. The minimum atomic E-state index is -0.0582. The van der Waals surface area contributed by atoms with Crippen LogP contribution in [-0.4, -0.2) is 25.2 Å². The van der Waals surface area contributed by atoms with Gasteiger partial charge in [0.2, 0.25) is 0 Å². The number of hydrogen-bond donors (Lipinski definition) is 0. The van der Waals surface area contributed by atoms with Crippen molar-refractivity contribution in [3.63, 3.8) is 0 Å². The van der Waals surface area contributed by atoms with Crippen LogP contribution in [0.25, 0.3) is 0 Å². The van der Waals surface area contributed by atoms with Gasteiger partial charge in [0.15, 0.2) is 0 Å². The molecule has 0 aromatic heterocycles. The van der Waals surface area contributed by atoms with Gasteiger partial charge in [0.1, 0.15) is 0 Å². The molecule has 0 unspecified atom stereocenters. The van der Waals surface area contributed by atoms with Gasteiger partial charge in [-0.2, -0.15) is 0 Å². The molecule has 0 aromatic rings. The van der Waals surface area contributed by atoms with Gasteiger partial charge < -0.3 is 9.47 Å². The van der Waals surface area contributed by atoms with Crippen LogP contribution in [0, 0.1) is 0 Å². The second kappa shape index (κ2) is 22.6. The largest absolute Gasteiger partial charge is 0.466 e. The van der Waals surface area contributed by atoms with Gasteiger partial charge in [0.05, 0.1) is 13.2 Å². The molecule has 0 saturated heterocycles. The van der Waals surface area contributed by atoms with Crippen LogP contribution in [0.3, 0.4) is 0 Å². The van der Waals surface area contributed by atoms with E-state index in [1.807, 2.05) is 0 Å². The number of allylic oxidation sites excluding steroid dienone is 4. The third-order valence-electron chi connectivity index (χ3n) is 5.92. The normalized spacial score (nSPS) is 23.9. The molecule has 0 aliphatic carbocycles. The molecule has 0 radical (unpaired) electrons. The Morgan fingerprint density at radius 3 is 1.12 bits per heavy atom. The van der Waals surface area contributed by atoms with Gasteiger partial charge in [0.25, 0.3) is 0 Å². The second-order valence-corrected chi connectivity index (χ2v) is 8.99.